The Morgan fingerprint density at radius 1 is 1.63 bits per heavy atom. The average molecular weight is 328 g/mol. The number of likely N-dealkylation sites (tertiary alicyclic amines) is 1. The van der Waals surface area contributed by atoms with Crippen LogP contribution in [0.15, 0.2) is 16.7 Å². The van der Waals surface area contributed by atoms with E-state index in [0.29, 0.717) is 19.6 Å². The van der Waals surface area contributed by atoms with Gasteiger partial charge in [-0.25, -0.2) is 0 Å². The van der Waals surface area contributed by atoms with Crippen LogP contribution in [0, 0.1) is 12.8 Å². The number of aliphatic hydroxyl groups excluding tert-OH is 1. The van der Waals surface area contributed by atoms with Gasteiger partial charge in [0.1, 0.15) is 0 Å². The van der Waals surface area contributed by atoms with Gasteiger partial charge in [-0.15, -0.1) is 0 Å². The third-order valence-electron chi connectivity index (χ3n) is 3.47. The molecule has 2 atom stereocenters. The van der Waals surface area contributed by atoms with Gasteiger partial charge in [0.2, 0.25) is 5.91 Å². The molecule has 2 heterocycles. The van der Waals surface area contributed by atoms with Crippen LogP contribution in [0.5, 0.6) is 0 Å². The van der Waals surface area contributed by atoms with Gasteiger partial charge in [-0.1, -0.05) is 0 Å². The number of carbonyl (C=O) groups excluding carboxylic acids is 1. The molecule has 5 nitrogen and oxygen atoms in total. The first-order valence-electron chi connectivity index (χ1n) is 6.26. The summed E-state index contributed by atoms with van der Waals surface area (Å²) in [7, 11) is 0. The number of hydrogen-bond donors (Lipinski definition) is 2. The molecular formula is C13H18BrN3O2. The van der Waals surface area contributed by atoms with Gasteiger partial charge in [-0.3, -0.25) is 14.7 Å². The maximum Gasteiger partial charge on any atom is 0.217 e. The Balaban J connectivity index is 2.01. The van der Waals surface area contributed by atoms with E-state index in [2.05, 4.69) is 25.8 Å². The first kappa shape index (κ1) is 14.4. The molecule has 0 unspecified atom stereocenters. The molecule has 1 saturated heterocycles. The van der Waals surface area contributed by atoms with Gasteiger partial charge in [-0.05, 0) is 34.5 Å². The number of aryl methyl sites for hydroxylation is 1. The first-order valence-corrected chi connectivity index (χ1v) is 7.05. The van der Waals surface area contributed by atoms with Gasteiger partial charge >= 0.3 is 0 Å². The second kappa shape index (κ2) is 5.98. The monoisotopic (exact) mass is 327 g/mol. The Kier molecular flexibility index (Phi) is 4.54. The lowest BCUT2D eigenvalue weighted by Gasteiger charge is -2.16. The Morgan fingerprint density at radius 2 is 2.37 bits per heavy atom. The second-order valence-corrected chi connectivity index (χ2v) is 5.87. The summed E-state index contributed by atoms with van der Waals surface area (Å²) in [6.45, 7) is 3.91. The standard InChI is InChI=1S/C13H18BrN3O2/c1-8-2-3-16-10(13(8)14)6-17-5-9(4-12(15)19)11(18)7-17/h2-3,9,11,18H,4-7H2,1H3,(H2,15,19)/t9-,11-/m1/s1. The number of carbonyl (C=O) groups is 1. The van der Waals surface area contributed by atoms with Gasteiger partial charge in [0.05, 0.1) is 11.8 Å². The SMILES string of the molecule is Cc1ccnc(CN2C[C@@H](CC(N)=O)[C@H](O)C2)c1Br. The molecule has 104 valence electrons. The molecule has 1 aliphatic rings. The lowest BCUT2D eigenvalue weighted by molar-refractivity contribution is -0.119. The maximum atomic E-state index is 10.9. The molecule has 1 aliphatic heterocycles. The fraction of sp³-hybridized carbons (Fsp3) is 0.538. The summed E-state index contributed by atoms with van der Waals surface area (Å²) in [4.78, 5) is 17.4. The molecule has 1 fully saturated rings. The van der Waals surface area contributed by atoms with Gasteiger partial charge in [0.25, 0.3) is 0 Å². The van der Waals surface area contributed by atoms with Crippen molar-refractivity contribution in [3.63, 3.8) is 0 Å². The number of nitrogens with zero attached hydrogens (tertiary/aromatic N) is 2. The zero-order valence-electron chi connectivity index (χ0n) is 10.8. The summed E-state index contributed by atoms with van der Waals surface area (Å²) >= 11 is 3.53. The molecule has 0 bridgehead atoms. The van der Waals surface area contributed by atoms with E-state index >= 15 is 0 Å². The van der Waals surface area contributed by atoms with E-state index < -0.39 is 6.10 Å². The molecule has 0 saturated carbocycles. The van der Waals surface area contributed by atoms with Crippen molar-refractivity contribution in [2.75, 3.05) is 13.1 Å². The molecule has 19 heavy (non-hydrogen) atoms. The predicted molar refractivity (Wildman–Crippen MR) is 75.3 cm³/mol. The number of nitrogens with two attached hydrogens (primary N) is 1. The van der Waals surface area contributed by atoms with Crippen LogP contribution in [0.25, 0.3) is 0 Å². The molecule has 1 aromatic heterocycles. The summed E-state index contributed by atoms with van der Waals surface area (Å²) < 4.78 is 1.00. The van der Waals surface area contributed by atoms with Gasteiger partial charge in [-0.2, -0.15) is 0 Å². The summed E-state index contributed by atoms with van der Waals surface area (Å²) in [6, 6.07) is 1.95. The number of aromatic nitrogens is 1. The van der Waals surface area contributed by atoms with Crippen LogP contribution in [0.3, 0.4) is 0 Å². The van der Waals surface area contributed by atoms with E-state index in [9.17, 15) is 9.90 Å². The van der Waals surface area contributed by atoms with Crippen LogP contribution < -0.4 is 5.73 Å². The van der Waals surface area contributed by atoms with Crippen LogP contribution in [0.4, 0.5) is 0 Å². The summed E-state index contributed by atoms with van der Waals surface area (Å²) in [5, 5.41) is 9.93. The molecule has 0 aliphatic carbocycles. The number of hydrogen-bond acceptors (Lipinski definition) is 4. The molecule has 2 rings (SSSR count). The number of aliphatic hydroxyl groups is 1. The Bertz CT molecular complexity index is 481. The third-order valence-corrected chi connectivity index (χ3v) is 4.56. The third kappa shape index (κ3) is 3.52. The summed E-state index contributed by atoms with van der Waals surface area (Å²) in [5.74, 6) is -0.429. The number of halogens is 1. The van der Waals surface area contributed by atoms with Crippen molar-refractivity contribution in [1.82, 2.24) is 9.88 Å². The molecule has 3 N–H and O–H groups in total. The molecule has 1 aromatic rings. The average Bonchev–Trinajstić information content (AvgIpc) is 2.65. The summed E-state index contributed by atoms with van der Waals surface area (Å²) in [5.41, 5.74) is 7.28. The quantitative estimate of drug-likeness (QED) is 0.858. The molecule has 0 radical (unpaired) electrons. The largest absolute Gasteiger partial charge is 0.391 e. The van der Waals surface area contributed by atoms with Gasteiger partial charge < -0.3 is 10.8 Å². The van der Waals surface area contributed by atoms with E-state index in [4.69, 9.17) is 5.73 Å². The molecule has 1 amide bonds. The lowest BCUT2D eigenvalue weighted by atomic mass is 10.0. The van der Waals surface area contributed by atoms with Crippen molar-refractivity contribution in [2.45, 2.75) is 26.0 Å². The maximum absolute atomic E-state index is 10.9. The number of β-amino-alcohol motifs (C(OH)–C–C–N with tert-alkyl or cyclic N) is 1. The van der Waals surface area contributed by atoms with Crippen LogP contribution in [-0.4, -0.2) is 40.1 Å². The minimum atomic E-state index is -0.490. The number of primary amides is 1. The van der Waals surface area contributed by atoms with E-state index in [0.717, 1.165) is 15.7 Å². The van der Waals surface area contributed by atoms with Crippen molar-refractivity contribution in [2.24, 2.45) is 11.7 Å². The predicted octanol–water partition coefficient (Wildman–Crippen LogP) is 0.821. The van der Waals surface area contributed by atoms with Crippen molar-refractivity contribution in [3.05, 3.63) is 28.0 Å². The van der Waals surface area contributed by atoms with E-state index in [1.807, 2.05) is 13.0 Å². The minimum Gasteiger partial charge on any atom is -0.391 e. The Labute approximate surface area is 120 Å². The van der Waals surface area contributed by atoms with Crippen molar-refractivity contribution in [1.29, 1.82) is 0 Å². The fourth-order valence-corrected chi connectivity index (χ4v) is 2.81. The summed E-state index contributed by atoms with van der Waals surface area (Å²) in [6.07, 6.45) is 1.53. The number of rotatable bonds is 4. The molecule has 6 heteroatoms. The highest BCUT2D eigenvalue weighted by molar-refractivity contribution is 9.10. The van der Waals surface area contributed by atoms with Gasteiger partial charge in [0.15, 0.2) is 0 Å². The van der Waals surface area contributed by atoms with E-state index in [-0.39, 0.29) is 18.2 Å². The molecule has 0 spiro atoms. The van der Waals surface area contributed by atoms with Crippen molar-refractivity contribution in [3.8, 4) is 0 Å². The highest BCUT2D eigenvalue weighted by atomic mass is 79.9. The highest BCUT2D eigenvalue weighted by Gasteiger charge is 2.32. The van der Waals surface area contributed by atoms with Gasteiger partial charge in [0, 0.05) is 42.6 Å². The first-order chi connectivity index (χ1) is 8.97. The van der Waals surface area contributed by atoms with Crippen molar-refractivity contribution >= 4 is 21.8 Å². The van der Waals surface area contributed by atoms with E-state index in [1.54, 1.807) is 6.20 Å². The normalized spacial score (nSPS) is 23.7. The molecule has 0 aromatic carbocycles. The Hall–Kier alpha value is -0.980. The second-order valence-electron chi connectivity index (χ2n) is 5.08. The zero-order valence-corrected chi connectivity index (χ0v) is 12.4. The van der Waals surface area contributed by atoms with Crippen LogP contribution >= 0.6 is 15.9 Å². The minimum absolute atomic E-state index is 0.0684. The zero-order chi connectivity index (χ0) is 14.0. The smallest absolute Gasteiger partial charge is 0.217 e. The van der Waals surface area contributed by atoms with Crippen molar-refractivity contribution < 1.29 is 9.90 Å². The van der Waals surface area contributed by atoms with Crippen LogP contribution in [0.2, 0.25) is 0 Å². The van der Waals surface area contributed by atoms with E-state index in [1.165, 1.54) is 0 Å². The highest BCUT2D eigenvalue weighted by Crippen LogP contribution is 2.25. The number of pyridine rings is 1. The number of amides is 1. The topological polar surface area (TPSA) is 79.5 Å². The lowest BCUT2D eigenvalue weighted by Crippen LogP contribution is -2.24. The molecular weight excluding hydrogens is 310 g/mol. The van der Waals surface area contributed by atoms with Crippen LogP contribution in [-0.2, 0) is 11.3 Å². The van der Waals surface area contributed by atoms with Crippen LogP contribution in [0.1, 0.15) is 17.7 Å². The Morgan fingerprint density at radius 3 is 3.05 bits per heavy atom. The fourth-order valence-electron chi connectivity index (χ4n) is 2.45.